The zero-order valence-electron chi connectivity index (χ0n) is 17.0. The third kappa shape index (κ3) is 3.13. The van der Waals surface area contributed by atoms with Crippen LogP contribution in [0.3, 0.4) is 0 Å². The quantitative estimate of drug-likeness (QED) is 0.573. The maximum absolute atomic E-state index is 12.6. The van der Waals surface area contributed by atoms with Crippen LogP contribution in [0.25, 0.3) is 0 Å². The van der Waals surface area contributed by atoms with Crippen LogP contribution in [0.5, 0.6) is 5.75 Å². The van der Waals surface area contributed by atoms with Crippen LogP contribution < -0.4 is 9.64 Å². The molecule has 0 unspecified atom stereocenters. The van der Waals surface area contributed by atoms with Gasteiger partial charge in [-0.25, -0.2) is 0 Å². The van der Waals surface area contributed by atoms with Gasteiger partial charge in [0.2, 0.25) is 0 Å². The van der Waals surface area contributed by atoms with Gasteiger partial charge in [-0.3, -0.25) is 4.79 Å². The molecule has 2 saturated carbocycles. The van der Waals surface area contributed by atoms with E-state index in [0.717, 1.165) is 50.9 Å². The lowest BCUT2D eigenvalue weighted by atomic mass is 9.55. The molecule has 4 atom stereocenters. The standard InChI is InChI=1S/C23H31Cl2NO2/c1-23-10-9-16-15-5-7-20(28-2)22(26(13-11-24)14-12-25)18(15)4-3-17(16)19(23)6-8-21(23)27/h5,7,16-17,19H,3-4,6,8-14H2,1-2H3/t16-,17-,19+,23+/m1/s1. The molecule has 0 N–H and O–H groups in total. The zero-order valence-corrected chi connectivity index (χ0v) is 18.5. The molecule has 0 aliphatic heterocycles. The number of fused-ring (bicyclic) bond motifs is 5. The Morgan fingerprint density at radius 2 is 1.89 bits per heavy atom. The van der Waals surface area contributed by atoms with Crippen molar-refractivity contribution >= 4 is 34.7 Å². The first-order chi connectivity index (χ1) is 13.5. The lowest BCUT2D eigenvalue weighted by Gasteiger charge is -2.49. The average molecular weight is 424 g/mol. The first kappa shape index (κ1) is 20.3. The normalized spacial score (nSPS) is 31.1. The van der Waals surface area contributed by atoms with Gasteiger partial charge in [0.05, 0.1) is 12.8 Å². The van der Waals surface area contributed by atoms with Crippen LogP contribution in [-0.4, -0.2) is 37.7 Å². The van der Waals surface area contributed by atoms with E-state index in [0.29, 0.717) is 35.3 Å². The highest BCUT2D eigenvalue weighted by Gasteiger charge is 2.54. The maximum atomic E-state index is 12.6. The van der Waals surface area contributed by atoms with Crippen LogP contribution >= 0.6 is 23.2 Å². The molecule has 3 nitrogen and oxygen atoms in total. The van der Waals surface area contributed by atoms with Gasteiger partial charge in [-0.15, -0.1) is 23.2 Å². The first-order valence-corrected chi connectivity index (χ1v) is 11.7. The lowest BCUT2D eigenvalue weighted by molar-refractivity contribution is -0.129. The van der Waals surface area contributed by atoms with E-state index in [1.165, 1.54) is 23.2 Å². The molecule has 1 aromatic carbocycles. The van der Waals surface area contributed by atoms with Crippen molar-refractivity contribution in [2.24, 2.45) is 17.3 Å². The van der Waals surface area contributed by atoms with E-state index in [9.17, 15) is 4.79 Å². The molecular weight excluding hydrogens is 393 g/mol. The summed E-state index contributed by atoms with van der Waals surface area (Å²) in [5.41, 5.74) is 4.01. The summed E-state index contributed by atoms with van der Waals surface area (Å²) >= 11 is 12.2. The van der Waals surface area contributed by atoms with Crippen molar-refractivity contribution in [3.63, 3.8) is 0 Å². The summed E-state index contributed by atoms with van der Waals surface area (Å²) in [5.74, 6) is 4.31. The van der Waals surface area contributed by atoms with Crippen LogP contribution in [0.1, 0.15) is 56.1 Å². The predicted octanol–water partition coefficient (Wildman–Crippen LogP) is 5.40. The Hall–Kier alpha value is -0.930. The topological polar surface area (TPSA) is 29.5 Å². The van der Waals surface area contributed by atoms with Crippen LogP contribution in [-0.2, 0) is 11.2 Å². The van der Waals surface area contributed by atoms with Crippen LogP contribution in [0.15, 0.2) is 12.1 Å². The van der Waals surface area contributed by atoms with Gasteiger partial charge >= 0.3 is 0 Å². The summed E-state index contributed by atoms with van der Waals surface area (Å²) in [5, 5.41) is 0. The number of alkyl halides is 2. The number of ether oxygens (including phenoxy) is 1. The highest BCUT2D eigenvalue weighted by Crippen LogP contribution is 2.60. The Labute approximate surface area is 178 Å². The Balaban J connectivity index is 1.74. The number of carbonyl (C=O) groups is 1. The Kier molecular flexibility index (Phi) is 5.86. The first-order valence-electron chi connectivity index (χ1n) is 10.6. The smallest absolute Gasteiger partial charge is 0.142 e. The highest BCUT2D eigenvalue weighted by molar-refractivity contribution is 6.18. The summed E-state index contributed by atoms with van der Waals surface area (Å²) in [4.78, 5) is 14.9. The fourth-order valence-corrected chi connectivity index (χ4v) is 6.86. The van der Waals surface area contributed by atoms with Crippen molar-refractivity contribution in [3.05, 3.63) is 23.3 Å². The van der Waals surface area contributed by atoms with Crippen LogP contribution in [0.4, 0.5) is 5.69 Å². The lowest BCUT2D eigenvalue weighted by Crippen LogP contribution is -2.42. The molecule has 28 heavy (non-hydrogen) atoms. The van der Waals surface area contributed by atoms with E-state index >= 15 is 0 Å². The number of ketones is 1. The summed E-state index contributed by atoms with van der Waals surface area (Å²) < 4.78 is 5.75. The Bertz CT molecular complexity index is 746. The van der Waals surface area contributed by atoms with Crippen molar-refractivity contribution in [3.8, 4) is 5.75 Å². The molecule has 0 spiro atoms. The number of nitrogens with zero attached hydrogens (tertiary/aromatic N) is 1. The molecule has 3 aliphatic rings. The number of halogens is 2. The Morgan fingerprint density at radius 1 is 1.14 bits per heavy atom. The number of methoxy groups -OCH3 is 1. The second-order valence-electron chi connectivity index (χ2n) is 8.88. The third-order valence-electron chi connectivity index (χ3n) is 7.80. The minimum absolute atomic E-state index is 0.0722. The largest absolute Gasteiger partial charge is 0.495 e. The van der Waals surface area contributed by atoms with E-state index in [2.05, 4.69) is 24.0 Å². The fourth-order valence-electron chi connectivity index (χ4n) is 6.45. The van der Waals surface area contributed by atoms with E-state index in [1.807, 2.05) is 0 Å². The molecule has 5 heteroatoms. The summed E-state index contributed by atoms with van der Waals surface area (Å²) in [6, 6.07) is 4.41. The molecule has 0 amide bonds. The van der Waals surface area contributed by atoms with Crippen molar-refractivity contribution in [2.45, 2.75) is 51.4 Å². The minimum atomic E-state index is -0.0722. The van der Waals surface area contributed by atoms with Crippen LogP contribution in [0.2, 0.25) is 0 Å². The van der Waals surface area contributed by atoms with Gasteiger partial charge in [-0.05, 0) is 67.1 Å². The van der Waals surface area contributed by atoms with Gasteiger partial charge in [0, 0.05) is 36.7 Å². The summed E-state index contributed by atoms with van der Waals surface area (Å²) in [7, 11) is 1.74. The average Bonchev–Trinajstić information content (AvgIpc) is 3.01. The molecule has 0 aromatic heterocycles. The number of Topliss-reactive ketones (excluding diaryl/α,β-unsaturated/α-hetero) is 1. The molecular formula is C23H31Cl2NO2. The van der Waals surface area contributed by atoms with Crippen molar-refractivity contribution in [1.82, 2.24) is 0 Å². The van der Waals surface area contributed by atoms with Gasteiger partial charge in [-0.2, -0.15) is 0 Å². The van der Waals surface area contributed by atoms with Crippen molar-refractivity contribution in [1.29, 1.82) is 0 Å². The van der Waals surface area contributed by atoms with Gasteiger partial charge < -0.3 is 9.64 Å². The van der Waals surface area contributed by atoms with Gasteiger partial charge in [-0.1, -0.05) is 13.0 Å². The van der Waals surface area contributed by atoms with E-state index in [4.69, 9.17) is 27.9 Å². The number of benzene rings is 1. The highest BCUT2D eigenvalue weighted by atomic mass is 35.5. The zero-order chi connectivity index (χ0) is 19.9. The van der Waals surface area contributed by atoms with E-state index in [-0.39, 0.29) is 5.41 Å². The van der Waals surface area contributed by atoms with Crippen molar-refractivity contribution < 1.29 is 9.53 Å². The molecule has 0 bridgehead atoms. The maximum Gasteiger partial charge on any atom is 0.142 e. The van der Waals surface area contributed by atoms with Crippen LogP contribution in [0, 0.1) is 17.3 Å². The molecule has 2 fully saturated rings. The number of carbonyl (C=O) groups excluding carboxylic acids is 1. The number of hydrogen-bond acceptors (Lipinski definition) is 3. The molecule has 0 radical (unpaired) electrons. The molecule has 1 aromatic rings. The Morgan fingerprint density at radius 3 is 2.57 bits per heavy atom. The minimum Gasteiger partial charge on any atom is -0.495 e. The monoisotopic (exact) mass is 423 g/mol. The van der Waals surface area contributed by atoms with E-state index < -0.39 is 0 Å². The molecule has 4 rings (SSSR count). The summed E-state index contributed by atoms with van der Waals surface area (Å²) in [6.07, 6.45) is 6.23. The second kappa shape index (κ2) is 8.07. The number of rotatable bonds is 6. The predicted molar refractivity (Wildman–Crippen MR) is 116 cm³/mol. The SMILES string of the molecule is COc1ccc2c(c1N(CCCl)CCCl)CC[C@@H]1[C@@H]2CC[C@]2(C)C(=O)CC[C@@H]12. The third-order valence-corrected chi connectivity index (χ3v) is 8.14. The number of hydrogen-bond donors (Lipinski definition) is 0. The van der Waals surface area contributed by atoms with Crippen molar-refractivity contribution in [2.75, 3.05) is 36.9 Å². The second-order valence-corrected chi connectivity index (χ2v) is 9.64. The molecule has 3 aliphatic carbocycles. The number of anilines is 1. The van der Waals surface area contributed by atoms with Gasteiger partial charge in [0.15, 0.2) is 0 Å². The molecule has 0 heterocycles. The van der Waals surface area contributed by atoms with Gasteiger partial charge in [0.1, 0.15) is 11.5 Å². The molecule has 0 saturated heterocycles. The summed E-state index contributed by atoms with van der Waals surface area (Å²) in [6.45, 7) is 3.77. The fraction of sp³-hybridized carbons (Fsp3) is 0.696. The molecule has 154 valence electrons. The van der Waals surface area contributed by atoms with Gasteiger partial charge in [0.25, 0.3) is 0 Å². The van der Waals surface area contributed by atoms with E-state index in [1.54, 1.807) is 7.11 Å².